The van der Waals surface area contributed by atoms with Crippen molar-refractivity contribution in [2.24, 2.45) is 4.99 Å². The number of hydrogen-bond donors (Lipinski definition) is 2. The van der Waals surface area contributed by atoms with Gasteiger partial charge in [-0.25, -0.2) is 0 Å². The van der Waals surface area contributed by atoms with Gasteiger partial charge in [0, 0.05) is 31.7 Å². The average molecular weight is 284 g/mol. The van der Waals surface area contributed by atoms with Crippen molar-refractivity contribution in [3.05, 3.63) is 42.1 Å². The molecule has 1 aromatic carbocycles. The average Bonchev–Trinajstić information content (AvgIpc) is 2.54. The van der Waals surface area contributed by atoms with Gasteiger partial charge in [0.25, 0.3) is 0 Å². The molecule has 0 spiro atoms. The van der Waals surface area contributed by atoms with Crippen LogP contribution in [0.1, 0.15) is 31.7 Å². The molecule has 21 heavy (non-hydrogen) atoms. The first kappa shape index (κ1) is 15.3. The van der Waals surface area contributed by atoms with Crippen LogP contribution >= 0.6 is 0 Å². The maximum absolute atomic E-state index is 4.47. The van der Waals surface area contributed by atoms with Crippen molar-refractivity contribution >= 4 is 16.9 Å². The fraction of sp³-hybridized carbons (Fsp3) is 0.412. The molecule has 0 aliphatic heterocycles. The molecule has 0 bridgehead atoms. The van der Waals surface area contributed by atoms with Gasteiger partial charge in [0.2, 0.25) is 0 Å². The van der Waals surface area contributed by atoms with Crippen LogP contribution in [0.15, 0.2) is 41.5 Å². The number of fused-ring (bicyclic) bond motifs is 1. The number of para-hydroxylation sites is 1. The molecule has 1 heterocycles. The number of nitrogens with zero attached hydrogens (tertiary/aromatic N) is 2. The third-order valence-corrected chi connectivity index (χ3v) is 3.46. The fourth-order valence-electron chi connectivity index (χ4n) is 2.29. The van der Waals surface area contributed by atoms with Gasteiger partial charge >= 0.3 is 0 Å². The highest BCUT2D eigenvalue weighted by atomic mass is 15.2. The Morgan fingerprint density at radius 2 is 2.00 bits per heavy atom. The molecule has 0 amide bonds. The second-order valence-electron chi connectivity index (χ2n) is 5.05. The van der Waals surface area contributed by atoms with E-state index in [4.69, 9.17) is 0 Å². The molecule has 0 aliphatic carbocycles. The number of aromatic nitrogens is 1. The van der Waals surface area contributed by atoms with Gasteiger partial charge in [-0.1, -0.05) is 44.0 Å². The number of pyridine rings is 1. The van der Waals surface area contributed by atoms with E-state index in [0.29, 0.717) is 0 Å². The normalized spacial score (nSPS) is 11.6. The van der Waals surface area contributed by atoms with Crippen molar-refractivity contribution in [2.45, 2.75) is 32.7 Å². The highest BCUT2D eigenvalue weighted by Gasteiger charge is 2.03. The number of nitrogens with one attached hydrogen (secondary N) is 2. The van der Waals surface area contributed by atoms with Crippen LogP contribution in [0, 0.1) is 0 Å². The van der Waals surface area contributed by atoms with Crippen LogP contribution < -0.4 is 10.6 Å². The van der Waals surface area contributed by atoms with Gasteiger partial charge in [0.15, 0.2) is 5.96 Å². The van der Waals surface area contributed by atoms with Crippen LogP contribution in [-0.2, 0) is 6.54 Å². The maximum atomic E-state index is 4.47. The number of unbranched alkanes of at least 4 members (excludes halogenated alkanes) is 2. The Bertz CT molecular complexity index is 587. The molecule has 0 saturated carbocycles. The van der Waals surface area contributed by atoms with Crippen molar-refractivity contribution in [1.82, 2.24) is 15.6 Å². The topological polar surface area (TPSA) is 49.3 Å². The molecule has 112 valence electrons. The van der Waals surface area contributed by atoms with Crippen LogP contribution in [0.5, 0.6) is 0 Å². The summed E-state index contributed by atoms with van der Waals surface area (Å²) in [4.78, 5) is 8.73. The quantitative estimate of drug-likeness (QED) is 0.487. The summed E-state index contributed by atoms with van der Waals surface area (Å²) in [5.41, 5.74) is 2.23. The van der Waals surface area contributed by atoms with Crippen LogP contribution in [0.25, 0.3) is 10.9 Å². The predicted molar refractivity (Wildman–Crippen MR) is 89.5 cm³/mol. The smallest absolute Gasteiger partial charge is 0.191 e. The lowest BCUT2D eigenvalue weighted by atomic mass is 10.1. The van der Waals surface area contributed by atoms with Gasteiger partial charge in [-0.2, -0.15) is 0 Å². The Kier molecular flexibility index (Phi) is 6.00. The lowest BCUT2D eigenvalue weighted by Crippen LogP contribution is -2.37. The molecule has 0 atom stereocenters. The van der Waals surface area contributed by atoms with Crippen molar-refractivity contribution in [3.8, 4) is 0 Å². The van der Waals surface area contributed by atoms with Gasteiger partial charge in [-0.3, -0.25) is 9.98 Å². The number of guanidine groups is 1. The Labute approximate surface area is 126 Å². The SMILES string of the molecule is CCCCCNC(=NC)NCc1cccc2cccnc12. The molecule has 0 fully saturated rings. The molecular weight excluding hydrogens is 260 g/mol. The summed E-state index contributed by atoms with van der Waals surface area (Å²) in [6.45, 7) is 3.89. The van der Waals surface area contributed by atoms with Crippen LogP contribution in [-0.4, -0.2) is 24.5 Å². The van der Waals surface area contributed by atoms with Gasteiger partial charge < -0.3 is 10.6 Å². The van der Waals surface area contributed by atoms with E-state index in [1.165, 1.54) is 30.2 Å². The molecule has 0 saturated heterocycles. The highest BCUT2D eigenvalue weighted by Crippen LogP contribution is 2.15. The minimum Gasteiger partial charge on any atom is -0.356 e. The van der Waals surface area contributed by atoms with E-state index in [1.54, 1.807) is 7.05 Å². The van der Waals surface area contributed by atoms with E-state index >= 15 is 0 Å². The first-order chi connectivity index (χ1) is 10.3. The zero-order valence-corrected chi connectivity index (χ0v) is 12.9. The van der Waals surface area contributed by atoms with E-state index in [1.807, 2.05) is 12.3 Å². The summed E-state index contributed by atoms with van der Waals surface area (Å²) in [5, 5.41) is 7.86. The largest absolute Gasteiger partial charge is 0.356 e. The monoisotopic (exact) mass is 284 g/mol. The molecule has 0 aliphatic rings. The third kappa shape index (κ3) is 4.45. The van der Waals surface area contributed by atoms with Gasteiger partial charge in [0.05, 0.1) is 5.52 Å². The summed E-state index contributed by atoms with van der Waals surface area (Å²) in [7, 11) is 1.80. The molecule has 2 N–H and O–H groups in total. The van der Waals surface area contributed by atoms with Gasteiger partial charge in [-0.05, 0) is 18.1 Å². The molecule has 0 radical (unpaired) electrons. The standard InChI is InChI=1S/C17H24N4/c1-3-4-5-11-20-17(18-2)21-13-15-9-6-8-14-10-7-12-19-16(14)15/h6-10,12H,3-5,11,13H2,1-2H3,(H2,18,20,21). The second-order valence-corrected chi connectivity index (χ2v) is 5.05. The number of aliphatic imine (C=N–C) groups is 1. The second kappa shape index (κ2) is 8.25. The maximum Gasteiger partial charge on any atom is 0.191 e. The first-order valence-electron chi connectivity index (χ1n) is 7.62. The lowest BCUT2D eigenvalue weighted by molar-refractivity contribution is 0.683. The zero-order valence-electron chi connectivity index (χ0n) is 12.9. The van der Waals surface area contributed by atoms with Crippen molar-refractivity contribution < 1.29 is 0 Å². The lowest BCUT2D eigenvalue weighted by Gasteiger charge is -2.12. The summed E-state index contributed by atoms with van der Waals surface area (Å²) in [6, 6.07) is 10.3. The van der Waals surface area contributed by atoms with Gasteiger partial charge in [0.1, 0.15) is 0 Å². The van der Waals surface area contributed by atoms with E-state index in [0.717, 1.165) is 24.6 Å². The summed E-state index contributed by atoms with van der Waals surface area (Å²) >= 11 is 0. The Hall–Kier alpha value is -2.10. The minimum atomic E-state index is 0.724. The Morgan fingerprint density at radius 1 is 1.14 bits per heavy atom. The minimum absolute atomic E-state index is 0.724. The molecule has 2 aromatic rings. The summed E-state index contributed by atoms with van der Waals surface area (Å²) in [6.07, 6.45) is 5.49. The molecule has 1 aromatic heterocycles. The van der Waals surface area contributed by atoms with E-state index in [9.17, 15) is 0 Å². The Morgan fingerprint density at radius 3 is 2.81 bits per heavy atom. The van der Waals surface area contributed by atoms with E-state index in [2.05, 4.69) is 51.8 Å². The first-order valence-corrected chi connectivity index (χ1v) is 7.62. The van der Waals surface area contributed by atoms with Gasteiger partial charge in [-0.15, -0.1) is 0 Å². The van der Waals surface area contributed by atoms with E-state index < -0.39 is 0 Å². The molecule has 4 heteroatoms. The third-order valence-electron chi connectivity index (χ3n) is 3.46. The van der Waals surface area contributed by atoms with Crippen molar-refractivity contribution in [2.75, 3.05) is 13.6 Å². The molecule has 4 nitrogen and oxygen atoms in total. The molecule has 2 rings (SSSR count). The molecular formula is C17H24N4. The number of benzene rings is 1. The van der Waals surface area contributed by atoms with Crippen LogP contribution in [0.2, 0.25) is 0 Å². The highest BCUT2D eigenvalue weighted by molar-refractivity contribution is 5.83. The molecule has 0 unspecified atom stereocenters. The Balaban J connectivity index is 1.94. The summed E-state index contributed by atoms with van der Waals surface area (Å²) < 4.78 is 0. The number of hydrogen-bond acceptors (Lipinski definition) is 2. The zero-order chi connectivity index (χ0) is 14.9. The fourth-order valence-corrected chi connectivity index (χ4v) is 2.29. The summed E-state index contributed by atoms with van der Waals surface area (Å²) in [5.74, 6) is 0.846. The van der Waals surface area contributed by atoms with Crippen LogP contribution in [0.3, 0.4) is 0 Å². The van der Waals surface area contributed by atoms with E-state index in [-0.39, 0.29) is 0 Å². The predicted octanol–water partition coefficient (Wildman–Crippen LogP) is 3.09. The van der Waals surface area contributed by atoms with Crippen molar-refractivity contribution in [1.29, 1.82) is 0 Å². The number of rotatable bonds is 6. The van der Waals surface area contributed by atoms with Crippen molar-refractivity contribution in [3.63, 3.8) is 0 Å². The van der Waals surface area contributed by atoms with Crippen LogP contribution in [0.4, 0.5) is 0 Å².